The third kappa shape index (κ3) is 5.97. The number of rotatable bonds is 7. The van der Waals surface area contributed by atoms with Crippen LogP contribution in [0.5, 0.6) is 0 Å². The lowest BCUT2D eigenvalue weighted by molar-refractivity contribution is -0.155. The first kappa shape index (κ1) is 23.8. The Bertz CT molecular complexity index is 1130. The van der Waals surface area contributed by atoms with Crippen LogP contribution in [0.3, 0.4) is 0 Å². The minimum absolute atomic E-state index is 0.178. The van der Waals surface area contributed by atoms with E-state index in [4.69, 9.17) is 9.47 Å². The maximum atomic E-state index is 12.7. The molecular formula is C27H33N3O4. The molecule has 0 bridgehead atoms. The van der Waals surface area contributed by atoms with E-state index in [1.165, 1.54) is 10.9 Å². The number of H-pyrrole nitrogens is 1. The lowest BCUT2D eigenvalue weighted by Crippen LogP contribution is -2.47. The molecule has 2 atom stereocenters. The molecule has 0 fully saturated rings. The Labute approximate surface area is 200 Å². The molecule has 0 spiro atoms. The summed E-state index contributed by atoms with van der Waals surface area (Å²) in [4.78, 5) is 28.7. The van der Waals surface area contributed by atoms with E-state index in [0.29, 0.717) is 6.42 Å². The van der Waals surface area contributed by atoms with Crippen LogP contribution in [0.25, 0.3) is 10.9 Å². The summed E-state index contributed by atoms with van der Waals surface area (Å²) in [5.74, 6) is -0.287. The van der Waals surface area contributed by atoms with Crippen LogP contribution in [0.4, 0.5) is 4.79 Å². The zero-order valence-corrected chi connectivity index (χ0v) is 20.0. The summed E-state index contributed by atoms with van der Waals surface area (Å²) in [6.07, 6.45) is 0.992. The van der Waals surface area contributed by atoms with E-state index in [0.717, 1.165) is 29.7 Å². The molecule has 0 saturated carbocycles. The number of benzene rings is 2. The molecule has 0 radical (unpaired) electrons. The average molecular weight is 464 g/mol. The number of carbonyl (C=O) groups excluding carboxylic acids is 2. The molecule has 34 heavy (non-hydrogen) atoms. The van der Waals surface area contributed by atoms with Gasteiger partial charge in [0.05, 0.1) is 12.1 Å². The predicted molar refractivity (Wildman–Crippen MR) is 131 cm³/mol. The van der Waals surface area contributed by atoms with Crippen LogP contribution in [0.1, 0.15) is 56.5 Å². The second-order valence-electron chi connectivity index (χ2n) is 9.68. The largest absolute Gasteiger partial charge is 0.460 e. The quantitative estimate of drug-likeness (QED) is 0.439. The molecule has 7 heteroatoms. The van der Waals surface area contributed by atoms with Crippen LogP contribution in [0.2, 0.25) is 0 Å². The van der Waals surface area contributed by atoms with Crippen molar-refractivity contribution >= 4 is 23.0 Å². The number of alkyl carbamates (subject to hydrolysis) is 1. The van der Waals surface area contributed by atoms with Crippen LogP contribution in [0, 0.1) is 0 Å². The number of amides is 1. The highest BCUT2D eigenvalue weighted by Crippen LogP contribution is 2.32. The Morgan fingerprint density at radius 3 is 2.59 bits per heavy atom. The number of para-hydroxylation sites is 1. The second kappa shape index (κ2) is 10.3. The first-order valence-corrected chi connectivity index (χ1v) is 11.8. The number of fused-ring (bicyclic) bond motifs is 3. The maximum absolute atomic E-state index is 12.7. The predicted octanol–water partition coefficient (Wildman–Crippen LogP) is 4.77. The molecular weight excluding hydrogens is 430 g/mol. The summed E-state index contributed by atoms with van der Waals surface area (Å²) in [5, 5.41) is 7.74. The summed E-state index contributed by atoms with van der Waals surface area (Å²) < 4.78 is 11.0. The first-order valence-electron chi connectivity index (χ1n) is 11.8. The fourth-order valence-corrected chi connectivity index (χ4v) is 4.46. The minimum Gasteiger partial charge on any atom is -0.460 e. The number of esters is 1. The van der Waals surface area contributed by atoms with Gasteiger partial charge in [0, 0.05) is 23.0 Å². The van der Waals surface area contributed by atoms with Crippen molar-refractivity contribution in [2.45, 2.75) is 64.3 Å². The Kier molecular flexibility index (Phi) is 7.22. The molecule has 1 amide bonds. The fourth-order valence-electron chi connectivity index (χ4n) is 4.46. The summed E-state index contributed by atoms with van der Waals surface area (Å²) in [6.45, 7) is 6.51. The van der Waals surface area contributed by atoms with E-state index in [1.54, 1.807) is 0 Å². The molecule has 180 valence electrons. The molecule has 1 aliphatic heterocycles. The van der Waals surface area contributed by atoms with Gasteiger partial charge in [0.2, 0.25) is 0 Å². The van der Waals surface area contributed by atoms with Crippen LogP contribution in [-0.2, 0) is 27.3 Å². The van der Waals surface area contributed by atoms with Gasteiger partial charge in [0.1, 0.15) is 12.2 Å². The van der Waals surface area contributed by atoms with E-state index in [2.05, 4.69) is 27.8 Å². The smallest absolute Gasteiger partial charge is 0.407 e. The van der Waals surface area contributed by atoms with E-state index < -0.39 is 11.7 Å². The van der Waals surface area contributed by atoms with Crippen molar-refractivity contribution in [3.8, 4) is 0 Å². The SMILES string of the molecule is CC(C)(C)OC(=O)CC[C@H](NC(=O)OCc1ccccc1)[C@H]1NCCc2c1[nH]c1ccccc21. The van der Waals surface area contributed by atoms with Gasteiger partial charge in [-0.05, 0) is 57.4 Å². The topological polar surface area (TPSA) is 92.4 Å². The highest BCUT2D eigenvalue weighted by molar-refractivity contribution is 5.85. The van der Waals surface area contributed by atoms with Gasteiger partial charge < -0.3 is 25.1 Å². The van der Waals surface area contributed by atoms with Crippen molar-refractivity contribution in [2.75, 3.05) is 6.54 Å². The first-order chi connectivity index (χ1) is 16.3. The van der Waals surface area contributed by atoms with Gasteiger partial charge in [0.25, 0.3) is 0 Å². The third-order valence-electron chi connectivity index (χ3n) is 5.89. The number of carbonyl (C=O) groups is 2. The van der Waals surface area contributed by atoms with Gasteiger partial charge in [0.15, 0.2) is 0 Å². The van der Waals surface area contributed by atoms with E-state index in [-0.39, 0.29) is 31.1 Å². The maximum Gasteiger partial charge on any atom is 0.407 e. The molecule has 2 aromatic carbocycles. The number of nitrogens with one attached hydrogen (secondary N) is 3. The van der Waals surface area contributed by atoms with Crippen molar-refractivity contribution in [3.05, 3.63) is 71.4 Å². The minimum atomic E-state index is -0.554. The van der Waals surface area contributed by atoms with E-state index in [1.807, 2.05) is 63.2 Å². The monoisotopic (exact) mass is 463 g/mol. The van der Waals surface area contributed by atoms with Crippen molar-refractivity contribution in [2.24, 2.45) is 0 Å². The van der Waals surface area contributed by atoms with Gasteiger partial charge in [-0.2, -0.15) is 0 Å². The van der Waals surface area contributed by atoms with Crippen LogP contribution < -0.4 is 10.6 Å². The van der Waals surface area contributed by atoms with Gasteiger partial charge in [-0.25, -0.2) is 4.79 Å². The lowest BCUT2D eigenvalue weighted by atomic mass is 9.92. The van der Waals surface area contributed by atoms with Gasteiger partial charge in [-0.1, -0.05) is 48.5 Å². The molecule has 3 N–H and O–H groups in total. The normalized spacial score (nSPS) is 16.5. The Morgan fingerprint density at radius 1 is 1.09 bits per heavy atom. The lowest BCUT2D eigenvalue weighted by Gasteiger charge is -2.32. The molecule has 0 saturated heterocycles. The molecule has 1 aliphatic rings. The molecule has 0 aliphatic carbocycles. The molecule has 1 aromatic heterocycles. The van der Waals surface area contributed by atoms with Crippen molar-refractivity contribution in [1.29, 1.82) is 0 Å². The van der Waals surface area contributed by atoms with Crippen molar-refractivity contribution in [3.63, 3.8) is 0 Å². The average Bonchev–Trinajstić information content (AvgIpc) is 3.19. The zero-order chi connectivity index (χ0) is 24.1. The molecule has 3 aromatic rings. The van der Waals surface area contributed by atoms with E-state index >= 15 is 0 Å². The number of hydrogen-bond donors (Lipinski definition) is 3. The highest BCUT2D eigenvalue weighted by Gasteiger charge is 2.32. The number of ether oxygens (including phenoxy) is 2. The summed E-state index contributed by atoms with van der Waals surface area (Å²) >= 11 is 0. The standard InChI is InChI=1S/C27H33N3O4/c1-27(2,3)34-23(31)14-13-22(30-26(32)33-17-18-9-5-4-6-10-18)25-24-20(15-16-28-25)19-11-7-8-12-21(19)29-24/h4-12,22,25,28-29H,13-17H2,1-3H3,(H,30,32)/t22-,25+/m0/s1. The molecule has 2 heterocycles. The van der Waals surface area contributed by atoms with Gasteiger partial charge >= 0.3 is 12.1 Å². The van der Waals surface area contributed by atoms with Crippen molar-refractivity contribution < 1.29 is 19.1 Å². The molecule has 4 rings (SSSR count). The second-order valence-corrected chi connectivity index (χ2v) is 9.68. The van der Waals surface area contributed by atoms with Crippen molar-refractivity contribution in [1.82, 2.24) is 15.6 Å². The van der Waals surface area contributed by atoms with Crippen LogP contribution in [-0.4, -0.2) is 35.2 Å². The van der Waals surface area contributed by atoms with Crippen LogP contribution >= 0.6 is 0 Å². The Morgan fingerprint density at radius 2 is 1.82 bits per heavy atom. The summed E-state index contributed by atoms with van der Waals surface area (Å²) in [6, 6.07) is 17.2. The number of aromatic nitrogens is 1. The zero-order valence-electron chi connectivity index (χ0n) is 20.0. The fraction of sp³-hybridized carbons (Fsp3) is 0.407. The Balaban J connectivity index is 1.51. The molecule has 7 nitrogen and oxygen atoms in total. The number of aromatic amines is 1. The third-order valence-corrected chi connectivity index (χ3v) is 5.89. The van der Waals surface area contributed by atoms with E-state index in [9.17, 15) is 9.59 Å². The summed E-state index contributed by atoms with van der Waals surface area (Å²) in [5.41, 5.74) is 3.73. The van der Waals surface area contributed by atoms with Gasteiger partial charge in [-0.15, -0.1) is 0 Å². The Hall–Kier alpha value is -3.32. The molecule has 0 unspecified atom stereocenters. The number of hydrogen-bond acceptors (Lipinski definition) is 5. The van der Waals surface area contributed by atoms with Crippen LogP contribution in [0.15, 0.2) is 54.6 Å². The van der Waals surface area contributed by atoms with Gasteiger partial charge in [-0.3, -0.25) is 4.79 Å². The highest BCUT2D eigenvalue weighted by atomic mass is 16.6. The summed E-state index contributed by atoms with van der Waals surface area (Å²) in [7, 11) is 0.